The van der Waals surface area contributed by atoms with E-state index in [1.165, 1.54) is 44.9 Å². The summed E-state index contributed by atoms with van der Waals surface area (Å²) < 4.78 is 5.58. The fraction of sp³-hybridized carbons (Fsp3) is 0.938. The number of carbonyl (C=O) groups excluding carboxylic acids is 1. The van der Waals surface area contributed by atoms with E-state index in [0.29, 0.717) is 11.7 Å². The average molecular weight is 252 g/mol. The number of ether oxygens (including phenoxy) is 1. The van der Waals surface area contributed by atoms with Crippen LogP contribution in [0.3, 0.4) is 0 Å². The zero-order valence-corrected chi connectivity index (χ0v) is 12.0. The standard InChI is InChI=1S/C16H28O2/c1-12-8-10-13(11-9-12)15(17)16(18-2)14-6-4-3-5-7-14/h12-14,16H,3-11H2,1-2H3. The molecule has 104 valence electrons. The van der Waals surface area contributed by atoms with Crippen LogP contribution in [-0.4, -0.2) is 19.0 Å². The zero-order chi connectivity index (χ0) is 13.0. The van der Waals surface area contributed by atoms with Crippen molar-refractivity contribution in [3.05, 3.63) is 0 Å². The van der Waals surface area contributed by atoms with Crippen LogP contribution in [0.2, 0.25) is 0 Å². The largest absolute Gasteiger partial charge is 0.373 e. The molecule has 2 aliphatic carbocycles. The molecule has 2 rings (SSSR count). The maximum atomic E-state index is 12.6. The molecule has 0 bridgehead atoms. The van der Waals surface area contributed by atoms with Gasteiger partial charge in [-0.05, 0) is 37.5 Å². The van der Waals surface area contributed by atoms with E-state index in [0.717, 1.165) is 18.8 Å². The summed E-state index contributed by atoms with van der Waals surface area (Å²) in [6.07, 6.45) is 10.8. The molecule has 18 heavy (non-hydrogen) atoms. The van der Waals surface area contributed by atoms with Crippen LogP contribution in [-0.2, 0) is 9.53 Å². The van der Waals surface area contributed by atoms with Crippen LogP contribution in [0.1, 0.15) is 64.7 Å². The molecular formula is C16H28O2. The van der Waals surface area contributed by atoms with Gasteiger partial charge in [0.05, 0.1) is 0 Å². The number of ketones is 1. The van der Waals surface area contributed by atoms with Crippen molar-refractivity contribution in [1.29, 1.82) is 0 Å². The zero-order valence-electron chi connectivity index (χ0n) is 12.0. The van der Waals surface area contributed by atoms with Gasteiger partial charge in [0.2, 0.25) is 0 Å². The van der Waals surface area contributed by atoms with Crippen LogP contribution in [0, 0.1) is 17.8 Å². The van der Waals surface area contributed by atoms with Gasteiger partial charge in [-0.1, -0.05) is 39.0 Å². The first-order valence-corrected chi connectivity index (χ1v) is 7.79. The van der Waals surface area contributed by atoms with Crippen molar-refractivity contribution in [2.24, 2.45) is 17.8 Å². The molecule has 0 spiro atoms. The van der Waals surface area contributed by atoms with Gasteiger partial charge in [-0.15, -0.1) is 0 Å². The molecule has 2 aliphatic rings. The molecule has 0 N–H and O–H groups in total. The quantitative estimate of drug-likeness (QED) is 0.756. The van der Waals surface area contributed by atoms with Gasteiger partial charge in [0, 0.05) is 13.0 Å². The van der Waals surface area contributed by atoms with E-state index in [4.69, 9.17) is 4.74 Å². The van der Waals surface area contributed by atoms with E-state index in [1.807, 2.05) is 0 Å². The van der Waals surface area contributed by atoms with Crippen molar-refractivity contribution < 1.29 is 9.53 Å². The molecule has 1 unspecified atom stereocenters. The van der Waals surface area contributed by atoms with Crippen LogP contribution in [0.4, 0.5) is 0 Å². The van der Waals surface area contributed by atoms with E-state index in [2.05, 4.69) is 6.92 Å². The second kappa shape index (κ2) is 6.70. The van der Waals surface area contributed by atoms with Crippen LogP contribution >= 0.6 is 0 Å². The fourth-order valence-electron chi connectivity index (χ4n) is 3.75. The van der Waals surface area contributed by atoms with Crippen molar-refractivity contribution in [3.8, 4) is 0 Å². The molecule has 2 saturated carbocycles. The second-order valence-electron chi connectivity index (χ2n) is 6.41. The molecule has 2 fully saturated rings. The molecule has 0 heterocycles. The number of rotatable bonds is 4. The summed E-state index contributed by atoms with van der Waals surface area (Å²) in [5.74, 6) is 2.00. The highest BCUT2D eigenvalue weighted by Gasteiger charge is 2.35. The van der Waals surface area contributed by atoms with Gasteiger partial charge in [0.25, 0.3) is 0 Å². The maximum Gasteiger partial charge on any atom is 0.164 e. The van der Waals surface area contributed by atoms with Gasteiger partial charge < -0.3 is 4.74 Å². The SMILES string of the molecule is COC(C(=O)C1CCC(C)CC1)C1CCCCC1. The Kier molecular flexibility index (Phi) is 5.23. The Labute approximate surface area is 111 Å². The highest BCUT2D eigenvalue weighted by Crippen LogP contribution is 2.34. The third-order valence-electron chi connectivity index (χ3n) is 5.03. The minimum absolute atomic E-state index is 0.108. The third-order valence-corrected chi connectivity index (χ3v) is 5.03. The lowest BCUT2D eigenvalue weighted by atomic mass is 9.75. The smallest absolute Gasteiger partial charge is 0.164 e. The molecule has 0 aromatic heterocycles. The van der Waals surface area contributed by atoms with E-state index >= 15 is 0 Å². The average Bonchev–Trinajstić information content (AvgIpc) is 2.41. The van der Waals surface area contributed by atoms with Crippen LogP contribution in [0.15, 0.2) is 0 Å². The molecule has 0 aromatic rings. The summed E-state index contributed by atoms with van der Waals surface area (Å²) in [7, 11) is 1.72. The number of hydrogen-bond acceptors (Lipinski definition) is 2. The molecule has 0 saturated heterocycles. The molecule has 0 aromatic carbocycles. The summed E-state index contributed by atoms with van der Waals surface area (Å²) in [6, 6.07) is 0. The predicted octanol–water partition coefficient (Wildman–Crippen LogP) is 3.98. The molecule has 2 nitrogen and oxygen atoms in total. The first-order chi connectivity index (χ1) is 8.72. The Morgan fingerprint density at radius 2 is 1.61 bits per heavy atom. The predicted molar refractivity (Wildman–Crippen MR) is 73.5 cm³/mol. The molecule has 2 heteroatoms. The normalized spacial score (nSPS) is 32.1. The molecule has 0 amide bonds. The summed E-state index contributed by atoms with van der Waals surface area (Å²) in [4.78, 5) is 12.6. The van der Waals surface area contributed by atoms with Crippen LogP contribution < -0.4 is 0 Å². The number of Topliss-reactive ketones (excluding diaryl/α,β-unsaturated/α-hetero) is 1. The van der Waals surface area contributed by atoms with Crippen molar-refractivity contribution in [2.45, 2.75) is 70.8 Å². The molecule has 0 aliphatic heterocycles. The van der Waals surface area contributed by atoms with Gasteiger partial charge in [0.15, 0.2) is 5.78 Å². The Morgan fingerprint density at radius 3 is 2.17 bits per heavy atom. The second-order valence-corrected chi connectivity index (χ2v) is 6.41. The molecule has 1 atom stereocenters. The molecular weight excluding hydrogens is 224 g/mol. The Morgan fingerprint density at radius 1 is 1.00 bits per heavy atom. The minimum Gasteiger partial charge on any atom is -0.373 e. The summed E-state index contributed by atoms with van der Waals surface area (Å²) >= 11 is 0. The number of hydrogen-bond donors (Lipinski definition) is 0. The summed E-state index contributed by atoms with van der Waals surface area (Å²) in [5, 5.41) is 0. The maximum absolute atomic E-state index is 12.6. The Hall–Kier alpha value is -0.370. The first-order valence-electron chi connectivity index (χ1n) is 7.79. The number of methoxy groups -OCH3 is 1. The van der Waals surface area contributed by atoms with Gasteiger partial charge in [0.1, 0.15) is 6.10 Å². The van der Waals surface area contributed by atoms with E-state index in [-0.39, 0.29) is 12.0 Å². The summed E-state index contributed by atoms with van der Waals surface area (Å²) in [6.45, 7) is 2.30. The van der Waals surface area contributed by atoms with Crippen molar-refractivity contribution >= 4 is 5.78 Å². The lowest BCUT2D eigenvalue weighted by Crippen LogP contribution is -2.38. The van der Waals surface area contributed by atoms with E-state index in [1.54, 1.807) is 7.11 Å². The van der Waals surface area contributed by atoms with Crippen molar-refractivity contribution in [2.75, 3.05) is 7.11 Å². The van der Waals surface area contributed by atoms with Gasteiger partial charge in [-0.3, -0.25) is 4.79 Å². The monoisotopic (exact) mass is 252 g/mol. The van der Waals surface area contributed by atoms with Crippen LogP contribution in [0.5, 0.6) is 0 Å². The highest BCUT2D eigenvalue weighted by molar-refractivity contribution is 5.85. The minimum atomic E-state index is -0.108. The van der Waals surface area contributed by atoms with Crippen molar-refractivity contribution in [3.63, 3.8) is 0 Å². The van der Waals surface area contributed by atoms with Gasteiger partial charge in [-0.25, -0.2) is 0 Å². The fourth-order valence-corrected chi connectivity index (χ4v) is 3.75. The first kappa shape index (κ1) is 14.0. The Balaban J connectivity index is 1.92. The van der Waals surface area contributed by atoms with Gasteiger partial charge >= 0.3 is 0 Å². The number of carbonyl (C=O) groups is 1. The lowest BCUT2D eigenvalue weighted by Gasteiger charge is -2.33. The van der Waals surface area contributed by atoms with Gasteiger partial charge in [-0.2, -0.15) is 0 Å². The third kappa shape index (κ3) is 3.34. The topological polar surface area (TPSA) is 26.3 Å². The van der Waals surface area contributed by atoms with E-state index < -0.39 is 0 Å². The lowest BCUT2D eigenvalue weighted by molar-refractivity contribution is -0.138. The van der Waals surface area contributed by atoms with Crippen molar-refractivity contribution in [1.82, 2.24) is 0 Å². The van der Waals surface area contributed by atoms with E-state index in [9.17, 15) is 4.79 Å². The van der Waals surface area contributed by atoms with Crippen LogP contribution in [0.25, 0.3) is 0 Å². The molecule has 0 radical (unpaired) electrons. The Bertz CT molecular complexity index is 260. The summed E-state index contributed by atoms with van der Waals surface area (Å²) in [5.41, 5.74) is 0. The highest BCUT2D eigenvalue weighted by atomic mass is 16.5.